The zero-order chi connectivity index (χ0) is 28.2. The Bertz CT molecular complexity index is 1300. The molecule has 0 aliphatic carbocycles. The molecule has 38 heavy (non-hydrogen) atoms. The van der Waals surface area contributed by atoms with Crippen LogP contribution < -0.4 is 4.90 Å². The molecule has 0 fully saturated rings. The molecule has 0 bridgehead atoms. The monoisotopic (exact) mass is 529 g/mol. The minimum absolute atomic E-state index is 0.0329. The number of hydrogen-bond acceptors (Lipinski definition) is 6. The van der Waals surface area contributed by atoms with Crippen molar-refractivity contribution >= 4 is 23.7 Å². The van der Waals surface area contributed by atoms with E-state index in [0.717, 1.165) is 23.1 Å². The second-order valence-electron chi connectivity index (χ2n) is 8.47. The van der Waals surface area contributed by atoms with Crippen molar-refractivity contribution in [2.24, 2.45) is 0 Å². The highest BCUT2D eigenvalue weighted by Crippen LogP contribution is 2.40. The molecule has 1 unspecified atom stereocenters. The van der Waals surface area contributed by atoms with Gasteiger partial charge in [-0.05, 0) is 56.2 Å². The second kappa shape index (κ2) is 11.4. The van der Waals surface area contributed by atoms with Gasteiger partial charge in [-0.2, -0.15) is 18.4 Å². The fraction of sp³-hybridized carbons (Fsp3) is 0.333. The Labute approximate surface area is 217 Å². The molecule has 2 atom stereocenters. The molecule has 2 aromatic carbocycles. The molecular weight excluding hydrogens is 503 g/mol. The SMILES string of the molecule is CCOC(=O)[C@H](CC)OC(=O)C1=C(C)N(c2cccc(C(F)(F)F)c2)C(=O)N(C)C1c1ccc(C#N)cc1. The van der Waals surface area contributed by atoms with Crippen molar-refractivity contribution in [1.29, 1.82) is 5.26 Å². The van der Waals surface area contributed by atoms with Crippen LogP contribution in [0.5, 0.6) is 0 Å². The number of anilines is 1. The molecule has 1 heterocycles. The zero-order valence-electron chi connectivity index (χ0n) is 21.2. The Hall–Kier alpha value is -4.33. The number of amides is 2. The predicted molar refractivity (Wildman–Crippen MR) is 130 cm³/mol. The van der Waals surface area contributed by atoms with Gasteiger partial charge >= 0.3 is 24.1 Å². The molecule has 8 nitrogen and oxygen atoms in total. The number of benzene rings is 2. The highest BCUT2D eigenvalue weighted by molar-refractivity contribution is 6.03. The van der Waals surface area contributed by atoms with Crippen molar-refractivity contribution in [3.63, 3.8) is 0 Å². The van der Waals surface area contributed by atoms with Crippen LogP contribution in [0, 0.1) is 11.3 Å². The average Bonchev–Trinajstić information content (AvgIpc) is 2.89. The van der Waals surface area contributed by atoms with Crippen LogP contribution in [0.25, 0.3) is 0 Å². The first kappa shape index (κ1) is 28.2. The van der Waals surface area contributed by atoms with Gasteiger partial charge in [0.1, 0.15) is 0 Å². The maximum absolute atomic E-state index is 13.6. The molecule has 2 amide bonds. The maximum atomic E-state index is 13.6. The lowest BCUT2D eigenvalue weighted by Gasteiger charge is -2.41. The summed E-state index contributed by atoms with van der Waals surface area (Å²) in [6.45, 7) is 4.72. The summed E-state index contributed by atoms with van der Waals surface area (Å²) in [6.07, 6.45) is -5.77. The molecule has 3 rings (SSSR count). The number of rotatable bonds is 7. The molecule has 0 saturated heterocycles. The molecule has 11 heteroatoms. The second-order valence-corrected chi connectivity index (χ2v) is 8.47. The lowest BCUT2D eigenvalue weighted by Crippen LogP contribution is -2.49. The summed E-state index contributed by atoms with van der Waals surface area (Å²) in [5.41, 5.74) is -0.288. The first-order chi connectivity index (χ1) is 17.9. The van der Waals surface area contributed by atoms with Gasteiger partial charge in [0, 0.05) is 12.7 Å². The number of alkyl halides is 3. The smallest absolute Gasteiger partial charge is 0.416 e. The number of hydrogen-bond donors (Lipinski definition) is 0. The summed E-state index contributed by atoms with van der Waals surface area (Å²) in [7, 11) is 1.40. The van der Waals surface area contributed by atoms with Crippen molar-refractivity contribution in [3.05, 3.63) is 76.5 Å². The fourth-order valence-electron chi connectivity index (χ4n) is 4.16. The summed E-state index contributed by atoms with van der Waals surface area (Å²) in [5.74, 6) is -1.68. The quantitative estimate of drug-likeness (QED) is 0.449. The number of halogens is 3. The number of allylic oxidation sites excluding steroid dienone is 1. The normalized spacial score (nSPS) is 16.7. The van der Waals surface area contributed by atoms with Crippen molar-refractivity contribution < 1.29 is 37.0 Å². The third kappa shape index (κ3) is 5.64. The first-order valence-corrected chi connectivity index (χ1v) is 11.8. The molecule has 1 aliphatic heterocycles. The summed E-state index contributed by atoms with van der Waals surface area (Å²) in [6, 6.07) is 10.6. The highest BCUT2D eigenvalue weighted by Gasteiger charge is 2.43. The average molecular weight is 530 g/mol. The summed E-state index contributed by atoms with van der Waals surface area (Å²) < 4.78 is 50.7. The zero-order valence-corrected chi connectivity index (χ0v) is 21.2. The number of carbonyl (C=O) groups is 3. The van der Waals surface area contributed by atoms with Crippen LogP contribution in [0.3, 0.4) is 0 Å². The van der Waals surface area contributed by atoms with Crippen LogP contribution in [0.2, 0.25) is 0 Å². The van der Waals surface area contributed by atoms with Gasteiger partial charge in [0.2, 0.25) is 0 Å². The standard InChI is InChI=1S/C27H26F3N3O5/c1-5-21(24(34)37-6-2)38-25(35)22-16(3)33(20-9-7-8-19(14-20)27(28,29)30)26(36)32(4)23(22)18-12-10-17(15-31)11-13-18/h7-14,21,23H,5-6H2,1-4H3/t21-,23?/m0/s1. The maximum Gasteiger partial charge on any atom is 0.416 e. The van der Waals surface area contributed by atoms with Crippen LogP contribution in [-0.4, -0.2) is 42.6 Å². The van der Waals surface area contributed by atoms with Crippen molar-refractivity contribution in [2.45, 2.75) is 45.5 Å². The summed E-state index contributed by atoms with van der Waals surface area (Å²) >= 11 is 0. The number of carbonyl (C=O) groups excluding carboxylic acids is 3. The van der Waals surface area contributed by atoms with E-state index in [0.29, 0.717) is 11.1 Å². The van der Waals surface area contributed by atoms with E-state index in [1.54, 1.807) is 26.0 Å². The van der Waals surface area contributed by atoms with Gasteiger partial charge in [-0.15, -0.1) is 0 Å². The van der Waals surface area contributed by atoms with E-state index in [-0.39, 0.29) is 30.0 Å². The Morgan fingerprint density at radius 2 is 1.79 bits per heavy atom. The van der Waals surface area contributed by atoms with Crippen LogP contribution in [0.4, 0.5) is 23.7 Å². The van der Waals surface area contributed by atoms with E-state index in [4.69, 9.17) is 14.7 Å². The number of esters is 2. The van der Waals surface area contributed by atoms with Crippen molar-refractivity contribution in [1.82, 2.24) is 4.90 Å². The van der Waals surface area contributed by atoms with Crippen LogP contribution in [-0.2, 0) is 25.2 Å². The highest BCUT2D eigenvalue weighted by atomic mass is 19.4. The number of ether oxygens (including phenoxy) is 2. The van der Waals surface area contributed by atoms with Crippen molar-refractivity contribution in [2.75, 3.05) is 18.6 Å². The number of urea groups is 1. The van der Waals surface area contributed by atoms with Crippen LogP contribution in [0.15, 0.2) is 59.8 Å². The van der Waals surface area contributed by atoms with Crippen LogP contribution >= 0.6 is 0 Å². The van der Waals surface area contributed by atoms with E-state index in [1.807, 2.05) is 6.07 Å². The minimum atomic E-state index is -4.65. The number of likely N-dealkylation sites (N-methyl/N-ethyl adjacent to an activating group) is 1. The molecule has 1 aliphatic rings. The van der Waals surface area contributed by atoms with Gasteiger partial charge in [-0.3, -0.25) is 4.90 Å². The third-order valence-corrected chi connectivity index (χ3v) is 6.06. The van der Waals surface area contributed by atoms with Gasteiger partial charge < -0.3 is 14.4 Å². The first-order valence-electron chi connectivity index (χ1n) is 11.8. The lowest BCUT2D eigenvalue weighted by atomic mass is 9.92. The molecular formula is C27H26F3N3O5. The van der Waals surface area contributed by atoms with E-state index >= 15 is 0 Å². The largest absolute Gasteiger partial charge is 0.463 e. The third-order valence-electron chi connectivity index (χ3n) is 6.06. The van der Waals surface area contributed by atoms with Gasteiger partial charge in [0.05, 0.1) is 41.1 Å². The predicted octanol–water partition coefficient (Wildman–Crippen LogP) is 5.35. The molecule has 0 aromatic heterocycles. The summed E-state index contributed by atoms with van der Waals surface area (Å²) in [4.78, 5) is 41.6. The minimum Gasteiger partial charge on any atom is -0.463 e. The Balaban J connectivity index is 2.18. The van der Waals surface area contributed by atoms with E-state index in [9.17, 15) is 27.6 Å². The fourth-order valence-corrected chi connectivity index (χ4v) is 4.16. The Kier molecular flexibility index (Phi) is 8.46. The Morgan fingerprint density at radius 1 is 1.13 bits per heavy atom. The van der Waals surface area contributed by atoms with E-state index in [2.05, 4.69) is 0 Å². The number of nitriles is 1. The van der Waals surface area contributed by atoms with Gasteiger partial charge in [-0.1, -0.05) is 25.1 Å². The molecule has 2 aromatic rings. The number of nitrogens with zero attached hydrogens (tertiary/aromatic N) is 3. The van der Waals surface area contributed by atoms with E-state index < -0.39 is 41.9 Å². The lowest BCUT2D eigenvalue weighted by molar-refractivity contribution is -0.165. The molecule has 200 valence electrons. The Morgan fingerprint density at radius 3 is 2.34 bits per heavy atom. The molecule has 0 N–H and O–H groups in total. The van der Waals surface area contributed by atoms with E-state index in [1.165, 1.54) is 37.1 Å². The van der Waals surface area contributed by atoms with Crippen molar-refractivity contribution in [3.8, 4) is 6.07 Å². The van der Waals surface area contributed by atoms with Gasteiger partial charge in [0.25, 0.3) is 0 Å². The topological polar surface area (TPSA) is 99.9 Å². The molecule has 0 spiro atoms. The summed E-state index contributed by atoms with van der Waals surface area (Å²) in [5, 5.41) is 9.15. The van der Waals surface area contributed by atoms with Gasteiger partial charge in [-0.25, -0.2) is 14.4 Å². The molecule has 0 radical (unpaired) electrons. The van der Waals surface area contributed by atoms with Crippen LogP contribution in [0.1, 0.15) is 49.9 Å². The van der Waals surface area contributed by atoms with Gasteiger partial charge in [0.15, 0.2) is 6.10 Å². The molecule has 0 saturated carbocycles.